The molecule has 0 aliphatic rings. The summed E-state index contributed by atoms with van der Waals surface area (Å²) >= 11 is 0. The molecule has 0 radical (unpaired) electrons. The maximum absolute atomic E-state index is 13.0. The van der Waals surface area contributed by atoms with E-state index in [0.717, 1.165) is 11.3 Å². The van der Waals surface area contributed by atoms with Gasteiger partial charge in [-0.1, -0.05) is 53.7 Å². The van der Waals surface area contributed by atoms with Gasteiger partial charge in [-0.25, -0.2) is 0 Å². The van der Waals surface area contributed by atoms with Gasteiger partial charge in [0.25, 0.3) is 5.91 Å². The van der Waals surface area contributed by atoms with Gasteiger partial charge in [0, 0.05) is 25.2 Å². The highest BCUT2D eigenvalue weighted by Crippen LogP contribution is 2.14. The normalized spacial score (nSPS) is 11.6. The molecule has 0 saturated carbocycles. The molecule has 26 heavy (non-hydrogen) atoms. The molecule has 1 N–H and O–H groups in total. The van der Waals surface area contributed by atoms with Crippen molar-refractivity contribution in [3.63, 3.8) is 0 Å². The molecule has 0 aliphatic carbocycles. The highest BCUT2D eigenvalue weighted by molar-refractivity contribution is 6.01. The summed E-state index contributed by atoms with van der Waals surface area (Å²) in [7, 11) is 1.69. The van der Waals surface area contributed by atoms with Gasteiger partial charge in [-0.3, -0.25) is 9.59 Å². The lowest BCUT2D eigenvalue weighted by Gasteiger charge is -2.24. The molecule has 3 aromatic rings. The number of carbonyl (C=O) groups excluding carboxylic acids is 2. The van der Waals surface area contributed by atoms with Crippen LogP contribution in [0, 0.1) is 0 Å². The zero-order chi connectivity index (χ0) is 18.4. The summed E-state index contributed by atoms with van der Waals surface area (Å²) in [5.74, 6) is -0.661. The third-order valence-electron chi connectivity index (χ3n) is 4.03. The van der Waals surface area contributed by atoms with Gasteiger partial charge in [-0.2, -0.15) is 0 Å². The van der Waals surface area contributed by atoms with Crippen LogP contribution >= 0.6 is 0 Å². The SMILES string of the molecule is CN(C(=O)[C@H](Cc1ccccc1)NC(=O)c1ccon1)c1ccccc1. The van der Waals surface area contributed by atoms with Crippen LogP contribution in [0.4, 0.5) is 5.69 Å². The summed E-state index contributed by atoms with van der Waals surface area (Å²) in [5.41, 5.74) is 1.84. The summed E-state index contributed by atoms with van der Waals surface area (Å²) in [6.07, 6.45) is 1.69. The van der Waals surface area contributed by atoms with Crippen LogP contribution in [0.5, 0.6) is 0 Å². The van der Waals surface area contributed by atoms with Crippen molar-refractivity contribution in [1.82, 2.24) is 10.5 Å². The molecule has 0 fully saturated rings. The van der Waals surface area contributed by atoms with Crippen molar-refractivity contribution >= 4 is 17.5 Å². The largest absolute Gasteiger partial charge is 0.364 e. The Labute approximate surface area is 151 Å². The molecule has 6 heteroatoms. The molecule has 1 heterocycles. The second-order valence-corrected chi connectivity index (χ2v) is 5.83. The van der Waals surface area contributed by atoms with Gasteiger partial charge >= 0.3 is 0 Å². The number of nitrogens with one attached hydrogen (secondary N) is 1. The summed E-state index contributed by atoms with van der Waals surface area (Å²) in [5, 5.41) is 6.39. The number of para-hydroxylation sites is 1. The van der Waals surface area contributed by atoms with Crippen molar-refractivity contribution in [2.75, 3.05) is 11.9 Å². The van der Waals surface area contributed by atoms with Gasteiger partial charge in [0.15, 0.2) is 5.69 Å². The van der Waals surface area contributed by atoms with Gasteiger partial charge in [0.1, 0.15) is 12.3 Å². The van der Waals surface area contributed by atoms with E-state index < -0.39 is 11.9 Å². The molecule has 2 aromatic carbocycles. The quantitative estimate of drug-likeness (QED) is 0.742. The van der Waals surface area contributed by atoms with E-state index in [-0.39, 0.29) is 11.6 Å². The Morgan fingerprint density at radius 3 is 2.31 bits per heavy atom. The molecule has 132 valence electrons. The van der Waals surface area contributed by atoms with Crippen LogP contribution in [-0.2, 0) is 11.2 Å². The van der Waals surface area contributed by atoms with E-state index in [2.05, 4.69) is 10.5 Å². The van der Waals surface area contributed by atoms with E-state index in [1.54, 1.807) is 7.05 Å². The molecule has 0 aliphatic heterocycles. The number of carbonyl (C=O) groups is 2. The Hall–Kier alpha value is -3.41. The standard InChI is InChI=1S/C20H19N3O3/c1-23(16-10-6-3-7-11-16)20(25)18(14-15-8-4-2-5-9-15)21-19(24)17-12-13-26-22-17/h2-13,18H,14H2,1H3,(H,21,24)/t18-/m0/s1. The fourth-order valence-corrected chi connectivity index (χ4v) is 2.62. The molecule has 1 aromatic heterocycles. The van der Waals surface area contributed by atoms with Crippen molar-refractivity contribution in [2.24, 2.45) is 0 Å². The number of aromatic nitrogens is 1. The first-order valence-electron chi connectivity index (χ1n) is 8.23. The number of benzene rings is 2. The Balaban J connectivity index is 1.81. The lowest BCUT2D eigenvalue weighted by molar-refractivity contribution is -0.120. The van der Waals surface area contributed by atoms with Gasteiger partial charge < -0.3 is 14.7 Å². The van der Waals surface area contributed by atoms with Crippen LogP contribution in [0.15, 0.2) is 77.5 Å². The zero-order valence-corrected chi connectivity index (χ0v) is 14.3. The third kappa shape index (κ3) is 4.16. The highest BCUT2D eigenvalue weighted by atomic mass is 16.5. The van der Waals surface area contributed by atoms with Crippen molar-refractivity contribution in [2.45, 2.75) is 12.5 Å². The highest BCUT2D eigenvalue weighted by Gasteiger charge is 2.26. The molecule has 0 spiro atoms. The second kappa shape index (κ2) is 8.11. The maximum atomic E-state index is 13.0. The second-order valence-electron chi connectivity index (χ2n) is 5.83. The number of hydrogen-bond acceptors (Lipinski definition) is 4. The van der Waals surface area contributed by atoms with Gasteiger partial charge in [0.2, 0.25) is 5.91 Å². The van der Waals surface area contributed by atoms with E-state index in [4.69, 9.17) is 4.52 Å². The fourth-order valence-electron chi connectivity index (χ4n) is 2.62. The first-order chi connectivity index (χ1) is 12.6. The molecule has 2 amide bonds. The van der Waals surface area contributed by atoms with Crippen molar-refractivity contribution in [3.05, 3.63) is 84.3 Å². The Bertz CT molecular complexity index is 849. The number of amides is 2. The lowest BCUT2D eigenvalue weighted by atomic mass is 10.0. The lowest BCUT2D eigenvalue weighted by Crippen LogP contribution is -2.48. The molecule has 0 saturated heterocycles. The topological polar surface area (TPSA) is 75.4 Å². The van der Waals surface area contributed by atoms with Crippen LogP contribution in [0.3, 0.4) is 0 Å². The Morgan fingerprint density at radius 2 is 1.69 bits per heavy atom. The zero-order valence-electron chi connectivity index (χ0n) is 14.3. The average molecular weight is 349 g/mol. The summed E-state index contributed by atoms with van der Waals surface area (Å²) in [6, 6.07) is 19.6. The Kier molecular flexibility index (Phi) is 5.43. The number of likely N-dealkylation sites (N-methyl/N-ethyl adjacent to an activating group) is 1. The third-order valence-corrected chi connectivity index (χ3v) is 4.03. The van der Waals surface area contributed by atoms with Crippen molar-refractivity contribution in [3.8, 4) is 0 Å². The minimum atomic E-state index is -0.730. The first-order valence-corrected chi connectivity index (χ1v) is 8.23. The number of rotatable bonds is 6. The van der Waals surface area contributed by atoms with Crippen LogP contribution in [-0.4, -0.2) is 30.1 Å². The van der Waals surface area contributed by atoms with Gasteiger partial charge in [-0.15, -0.1) is 0 Å². The number of anilines is 1. The van der Waals surface area contributed by atoms with Crippen molar-refractivity contribution in [1.29, 1.82) is 0 Å². The van der Waals surface area contributed by atoms with Crippen LogP contribution in [0.25, 0.3) is 0 Å². The summed E-state index contributed by atoms with van der Waals surface area (Å²) in [6.45, 7) is 0. The van der Waals surface area contributed by atoms with Crippen LogP contribution in [0.2, 0.25) is 0 Å². The number of nitrogens with zero attached hydrogens (tertiary/aromatic N) is 2. The Morgan fingerprint density at radius 1 is 1.04 bits per heavy atom. The van der Waals surface area contributed by atoms with E-state index in [9.17, 15) is 9.59 Å². The van der Waals surface area contributed by atoms with E-state index in [1.807, 2.05) is 60.7 Å². The molecule has 0 unspecified atom stereocenters. The molecule has 1 atom stereocenters. The van der Waals surface area contributed by atoms with Gasteiger partial charge in [-0.05, 0) is 17.7 Å². The predicted octanol–water partition coefficient (Wildman–Crippen LogP) is 2.68. The fraction of sp³-hybridized carbons (Fsp3) is 0.150. The number of hydrogen-bond donors (Lipinski definition) is 1. The van der Waals surface area contributed by atoms with E-state index in [0.29, 0.717) is 6.42 Å². The van der Waals surface area contributed by atoms with Crippen molar-refractivity contribution < 1.29 is 14.1 Å². The molecule has 0 bridgehead atoms. The van der Waals surface area contributed by atoms with E-state index >= 15 is 0 Å². The minimum Gasteiger partial charge on any atom is -0.364 e. The monoisotopic (exact) mass is 349 g/mol. The van der Waals surface area contributed by atoms with Gasteiger partial charge in [0.05, 0.1) is 0 Å². The average Bonchev–Trinajstić information content (AvgIpc) is 3.23. The van der Waals surface area contributed by atoms with Crippen LogP contribution < -0.4 is 10.2 Å². The molecule has 6 nitrogen and oxygen atoms in total. The summed E-state index contributed by atoms with van der Waals surface area (Å²) in [4.78, 5) is 26.9. The molecular formula is C20H19N3O3. The minimum absolute atomic E-state index is 0.137. The molecule has 3 rings (SSSR count). The predicted molar refractivity (Wildman–Crippen MR) is 97.8 cm³/mol. The van der Waals surface area contributed by atoms with E-state index in [1.165, 1.54) is 17.2 Å². The smallest absolute Gasteiger partial charge is 0.274 e. The summed E-state index contributed by atoms with van der Waals surface area (Å²) < 4.78 is 4.71. The first kappa shape index (κ1) is 17.4. The molecular weight excluding hydrogens is 330 g/mol. The van der Waals surface area contributed by atoms with Crippen LogP contribution in [0.1, 0.15) is 16.1 Å². The maximum Gasteiger partial charge on any atom is 0.274 e.